The number of nitrogens with zero attached hydrogens (tertiary/aromatic N) is 3. The molecular weight excluding hydrogens is 677 g/mol. The van der Waals surface area contributed by atoms with Gasteiger partial charge in [-0.2, -0.15) is 0 Å². The van der Waals surface area contributed by atoms with Crippen molar-refractivity contribution in [2.45, 2.75) is 45.6 Å². The van der Waals surface area contributed by atoms with Crippen LogP contribution in [0.15, 0.2) is 109 Å². The van der Waals surface area contributed by atoms with Crippen LogP contribution in [-0.4, -0.2) is 9.55 Å². The van der Waals surface area contributed by atoms with E-state index in [-0.39, 0.29) is 54.2 Å². The van der Waals surface area contributed by atoms with Crippen molar-refractivity contribution in [3.05, 3.63) is 159 Å². The van der Waals surface area contributed by atoms with Crippen LogP contribution in [0.5, 0.6) is 0 Å². The molecule has 0 aliphatic carbocycles. The average Bonchev–Trinajstić information content (AvgIpc) is 3.29. The van der Waals surface area contributed by atoms with Crippen molar-refractivity contribution in [3.8, 4) is 22.5 Å². The molecule has 5 rings (SSSR count). The maximum Gasteiger partial charge on any atom is 4.00 e. The Labute approximate surface area is 274 Å². The van der Waals surface area contributed by atoms with E-state index in [1.54, 1.807) is 0 Å². The van der Waals surface area contributed by atoms with Gasteiger partial charge in [-0.15, -0.1) is 5.69 Å². The molecule has 42 heavy (non-hydrogen) atoms. The smallest absolute Gasteiger partial charge is 0.671 e. The van der Waals surface area contributed by atoms with Crippen LogP contribution in [0.4, 0.5) is 5.69 Å². The summed E-state index contributed by atoms with van der Waals surface area (Å²) in [5.41, 5.74) is 9.10. The summed E-state index contributed by atoms with van der Waals surface area (Å²) in [5.74, 6) is 1.66. The van der Waals surface area contributed by atoms with E-state index in [0.717, 1.165) is 39.6 Å². The Morgan fingerprint density at radius 1 is 0.595 bits per heavy atom. The second-order valence-corrected chi connectivity index (χ2v) is 10.5. The second-order valence-electron chi connectivity index (χ2n) is 10.5. The molecule has 0 amide bonds. The molecule has 0 saturated carbocycles. The van der Waals surface area contributed by atoms with Crippen LogP contribution in [0.1, 0.15) is 68.1 Å². The van der Waals surface area contributed by atoms with E-state index in [1.165, 1.54) is 11.1 Å². The summed E-state index contributed by atoms with van der Waals surface area (Å²) in [4.78, 5) is 5.35. The fraction of sp³-hybridized carbons (Fsp3) is 0.211. The molecule has 1 unspecified atom stereocenters. The molecule has 3 nitrogen and oxygen atoms in total. The minimum atomic E-state index is -0.251. The van der Waals surface area contributed by atoms with E-state index in [0.29, 0.717) is 11.8 Å². The molecule has 0 aliphatic heterocycles. The fourth-order valence-corrected chi connectivity index (χ4v) is 5.19. The molecule has 0 radical (unpaired) electrons. The maximum absolute atomic E-state index is 5.56. The van der Waals surface area contributed by atoms with E-state index >= 15 is 0 Å². The first-order valence-electron chi connectivity index (χ1n) is 13.5. The predicted octanol–water partition coefficient (Wildman–Crippen LogP) is 11.1. The number of hydrogen-bond donors (Lipinski definition) is 0. The third-order valence-corrected chi connectivity index (χ3v) is 7.18. The molecule has 0 bridgehead atoms. The molecule has 1 aromatic heterocycles. The fourth-order valence-electron chi connectivity index (χ4n) is 5.19. The summed E-state index contributed by atoms with van der Waals surface area (Å²) in [6, 6.07) is 38.0. The first-order chi connectivity index (χ1) is 18.5. The Balaban J connectivity index is 0.00000220. The Bertz CT molecular complexity index is 1460. The Morgan fingerprint density at radius 3 is 1.52 bits per heavy atom. The van der Waals surface area contributed by atoms with Crippen LogP contribution in [0, 0.1) is 22.3 Å². The van der Waals surface area contributed by atoms with Crippen molar-refractivity contribution in [1.82, 2.24) is 9.55 Å². The van der Waals surface area contributed by atoms with Gasteiger partial charge in [0, 0.05) is 18.2 Å². The van der Waals surface area contributed by atoms with Crippen LogP contribution in [0.25, 0.3) is 27.8 Å². The zero-order chi connectivity index (χ0) is 26.6. The van der Waals surface area contributed by atoms with Gasteiger partial charge in [0.15, 0.2) is 0 Å². The molecule has 1 atom stereocenters. The SMILES string of the molecule is CC(C)c1cccc(C(C)C)c1[N-]C(c1ccccc1)c1nc(-c2ccccc2)c(-c2ccccc2)n1C.[CH3-].[CH3-].[CH3-].[Hf+4]. The number of benzene rings is 4. The van der Waals surface area contributed by atoms with E-state index in [4.69, 9.17) is 10.3 Å². The topological polar surface area (TPSA) is 31.9 Å². The minimum absolute atomic E-state index is 0. The standard InChI is InChI=1S/C35H36N3.3CH3.Hf/c1-24(2)29-22-15-23-30(25(3)4)33(29)36-32(27-18-11-7-12-19-27)35-37-31(26-16-9-6-10-17-26)34(38(35)5)28-20-13-8-14-21-28;;;;/h6-25,32H,1-5H3;3*1H3;/q4*-1;+4. The Kier molecular flexibility index (Phi) is 14.4. The summed E-state index contributed by atoms with van der Waals surface area (Å²) in [6.07, 6.45) is 0. The largest absolute Gasteiger partial charge is 4.00 e. The molecule has 216 valence electrons. The molecule has 0 spiro atoms. The summed E-state index contributed by atoms with van der Waals surface area (Å²) in [7, 11) is 2.13. The summed E-state index contributed by atoms with van der Waals surface area (Å²) < 4.78 is 2.24. The molecule has 4 heteroatoms. The number of para-hydroxylation sites is 1. The average molecular weight is 722 g/mol. The monoisotopic (exact) mass is 723 g/mol. The first-order valence-corrected chi connectivity index (χ1v) is 13.5. The molecule has 1 heterocycles. The molecule has 0 saturated heterocycles. The van der Waals surface area contributed by atoms with Gasteiger partial charge in [-0.3, -0.25) is 0 Å². The summed E-state index contributed by atoms with van der Waals surface area (Å²) >= 11 is 0. The Morgan fingerprint density at radius 2 is 1.05 bits per heavy atom. The van der Waals surface area contributed by atoms with Crippen molar-refractivity contribution in [3.63, 3.8) is 0 Å². The number of rotatable bonds is 8. The Hall–Kier alpha value is -3.24. The minimum Gasteiger partial charge on any atom is -0.671 e. The van der Waals surface area contributed by atoms with Gasteiger partial charge in [0.25, 0.3) is 0 Å². The molecule has 4 aromatic carbocycles. The number of hydrogen-bond acceptors (Lipinski definition) is 1. The van der Waals surface area contributed by atoms with Gasteiger partial charge < -0.3 is 32.2 Å². The van der Waals surface area contributed by atoms with Gasteiger partial charge in [-0.05, 0) is 17.9 Å². The van der Waals surface area contributed by atoms with Gasteiger partial charge in [-0.25, -0.2) is 4.98 Å². The third-order valence-electron chi connectivity index (χ3n) is 7.18. The molecule has 0 N–H and O–H groups in total. The van der Waals surface area contributed by atoms with Crippen LogP contribution >= 0.6 is 0 Å². The van der Waals surface area contributed by atoms with Crippen LogP contribution < -0.4 is 0 Å². The third kappa shape index (κ3) is 7.58. The van der Waals surface area contributed by atoms with Crippen molar-refractivity contribution in [2.75, 3.05) is 0 Å². The molecule has 0 fully saturated rings. The summed E-state index contributed by atoms with van der Waals surface area (Å²) in [6.45, 7) is 8.99. The maximum atomic E-state index is 5.56. The van der Waals surface area contributed by atoms with Gasteiger partial charge >= 0.3 is 25.8 Å². The van der Waals surface area contributed by atoms with Crippen molar-refractivity contribution < 1.29 is 25.8 Å². The van der Waals surface area contributed by atoms with Crippen molar-refractivity contribution in [1.29, 1.82) is 0 Å². The second kappa shape index (κ2) is 16.4. The molecular formula is C38H45HfN3. The van der Waals surface area contributed by atoms with E-state index in [9.17, 15) is 0 Å². The van der Waals surface area contributed by atoms with Crippen molar-refractivity contribution >= 4 is 5.69 Å². The van der Waals surface area contributed by atoms with Crippen LogP contribution in [0.3, 0.4) is 0 Å². The van der Waals surface area contributed by atoms with Gasteiger partial charge in [0.05, 0.1) is 17.2 Å². The quantitative estimate of drug-likeness (QED) is 0.116. The zero-order valence-corrected chi connectivity index (χ0v) is 30.1. The number of aromatic nitrogens is 2. The van der Waals surface area contributed by atoms with Gasteiger partial charge in [-0.1, -0.05) is 154 Å². The number of imidazole rings is 1. The molecule has 0 aliphatic rings. The normalized spacial score (nSPS) is 11.0. The van der Waals surface area contributed by atoms with Crippen LogP contribution in [0.2, 0.25) is 0 Å². The van der Waals surface area contributed by atoms with E-state index in [2.05, 4.69) is 142 Å². The van der Waals surface area contributed by atoms with Crippen LogP contribution in [-0.2, 0) is 32.9 Å². The zero-order valence-electron chi connectivity index (χ0n) is 26.5. The van der Waals surface area contributed by atoms with Gasteiger partial charge in [0.2, 0.25) is 0 Å². The van der Waals surface area contributed by atoms with E-state index in [1.807, 2.05) is 6.07 Å². The molecule has 5 aromatic rings. The predicted molar refractivity (Wildman–Crippen MR) is 179 cm³/mol. The van der Waals surface area contributed by atoms with E-state index < -0.39 is 0 Å². The first kappa shape index (κ1) is 36.8. The van der Waals surface area contributed by atoms with Gasteiger partial charge in [0.1, 0.15) is 0 Å². The van der Waals surface area contributed by atoms with Crippen molar-refractivity contribution in [2.24, 2.45) is 7.05 Å². The summed E-state index contributed by atoms with van der Waals surface area (Å²) in [5, 5.41) is 5.56.